The van der Waals surface area contributed by atoms with Crippen LogP contribution in [0.5, 0.6) is 0 Å². The Morgan fingerprint density at radius 2 is 1.10 bits per heavy atom. The van der Waals surface area contributed by atoms with E-state index >= 15 is 0 Å². The van der Waals surface area contributed by atoms with Gasteiger partial charge in [-0.1, -0.05) is 93.9 Å². The number of halogens is 1. The molecular formula is C27H33ClSi. The number of fused-ring (bicyclic) bond motifs is 2. The molecule has 2 atom stereocenters. The molecule has 4 rings (SSSR count). The predicted octanol–water partition coefficient (Wildman–Crippen LogP) is 8.53. The Bertz CT molecular complexity index is 941. The standard InChI is InChI=1S/C27H33ClSi/c1-16(2)20-10-8-12-22-24(20)14-18(5)26(22)29(7,28)27-19(6)15-25-21(17(3)4)11-9-13-23(25)27/h8-17,26-27H,1-7H3. The van der Waals surface area contributed by atoms with Crippen molar-refractivity contribution in [3.63, 3.8) is 0 Å². The highest BCUT2D eigenvalue weighted by molar-refractivity contribution is 7.21. The second-order valence-corrected chi connectivity index (χ2v) is 15.7. The van der Waals surface area contributed by atoms with E-state index in [0.717, 1.165) is 0 Å². The summed E-state index contributed by atoms with van der Waals surface area (Å²) in [5.74, 6) is 1.05. The molecule has 152 valence electrons. The number of rotatable bonds is 4. The van der Waals surface area contributed by atoms with Gasteiger partial charge in [0.25, 0.3) is 0 Å². The van der Waals surface area contributed by atoms with Gasteiger partial charge in [0.15, 0.2) is 7.38 Å². The first-order valence-corrected chi connectivity index (χ1v) is 14.6. The van der Waals surface area contributed by atoms with Gasteiger partial charge in [0.05, 0.1) is 0 Å². The molecule has 0 aromatic heterocycles. The van der Waals surface area contributed by atoms with E-state index in [0.29, 0.717) is 22.9 Å². The molecule has 0 heterocycles. The summed E-state index contributed by atoms with van der Waals surface area (Å²) in [5, 5.41) is 0. The third-order valence-corrected chi connectivity index (χ3v) is 12.1. The van der Waals surface area contributed by atoms with Crippen LogP contribution in [0.4, 0.5) is 0 Å². The molecule has 0 nitrogen and oxygen atoms in total. The average Bonchev–Trinajstić information content (AvgIpc) is 3.16. The molecule has 0 spiro atoms. The van der Waals surface area contributed by atoms with Gasteiger partial charge in [-0.2, -0.15) is 11.1 Å². The van der Waals surface area contributed by atoms with Gasteiger partial charge in [-0.3, -0.25) is 0 Å². The highest BCUT2D eigenvalue weighted by atomic mass is 35.6. The van der Waals surface area contributed by atoms with Crippen molar-refractivity contribution < 1.29 is 0 Å². The molecule has 2 unspecified atom stereocenters. The Kier molecular flexibility index (Phi) is 5.20. The van der Waals surface area contributed by atoms with Crippen molar-refractivity contribution in [2.75, 3.05) is 0 Å². The highest BCUT2D eigenvalue weighted by Crippen LogP contribution is 2.55. The minimum Gasteiger partial charge on any atom is -0.165 e. The van der Waals surface area contributed by atoms with Crippen LogP contribution in [0.1, 0.15) is 97.8 Å². The molecule has 2 aromatic rings. The van der Waals surface area contributed by atoms with Crippen molar-refractivity contribution in [3.8, 4) is 0 Å². The molecule has 0 aliphatic heterocycles. The van der Waals surface area contributed by atoms with Gasteiger partial charge in [0, 0.05) is 11.1 Å². The lowest BCUT2D eigenvalue weighted by Crippen LogP contribution is -2.40. The Hall–Kier alpha value is -1.57. The van der Waals surface area contributed by atoms with Crippen molar-refractivity contribution in [3.05, 3.63) is 80.9 Å². The molecule has 2 heteroatoms. The summed E-state index contributed by atoms with van der Waals surface area (Å²) in [4.78, 5) is 0. The van der Waals surface area contributed by atoms with Gasteiger partial charge in [0.2, 0.25) is 0 Å². The maximum absolute atomic E-state index is 7.72. The molecule has 0 amide bonds. The summed E-state index contributed by atoms with van der Waals surface area (Å²) in [5.41, 5.74) is 12.3. The molecule has 0 fully saturated rings. The van der Waals surface area contributed by atoms with Gasteiger partial charge in [-0.25, -0.2) is 0 Å². The predicted molar refractivity (Wildman–Crippen MR) is 131 cm³/mol. The monoisotopic (exact) mass is 420 g/mol. The van der Waals surface area contributed by atoms with E-state index in [2.05, 4.69) is 96.6 Å². The van der Waals surface area contributed by atoms with Gasteiger partial charge in [0.1, 0.15) is 0 Å². The van der Waals surface area contributed by atoms with Gasteiger partial charge in [-0.15, -0.1) is 0 Å². The van der Waals surface area contributed by atoms with E-state index in [1.54, 1.807) is 0 Å². The van der Waals surface area contributed by atoms with Crippen LogP contribution in [0.15, 0.2) is 47.5 Å². The summed E-state index contributed by atoms with van der Waals surface area (Å²) < 4.78 is 0. The summed E-state index contributed by atoms with van der Waals surface area (Å²) in [7, 11) is -2.25. The quantitative estimate of drug-likeness (QED) is 0.343. The Morgan fingerprint density at radius 3 is 1.45 bits per heavy atom. The van der Waals surface area contributed by atoms with Crippen LogP contribution in [0.2, 0.25) is 6.55 Å². The molecule has 2 aliphatic rings. The Balaban J connectivity index is 1.84. The molecule has 0 bridgehead atoms. The topological polar surface area (TPSA) is 0 Å². The lowest BCUT2D eigenvalue weighted by atomic mass is 9.95. The summed E-state index contributed by atoms with van der Waals surface area (Å²) in [6.07, 6.45) is 4.84. The van der Waals surface area contributed by atoms with Crippen molar-refractivity contribution in [1.82, 2.24) is 0 Å². The van der Waals surface area contributed by atoms with E-state index in [9.17, 15) is 0 Å². The summed E-state index contributed by atoms with van der Waals surface area (Å²) >= 11 is 7.72. The maximum Gasteiger partial charge on any atom is 0.176 e. The molecule has 0 radical (unpaired) electrons. The lowest BCUT2D eigenvalue weighted by molar-refractivity contribution is 0.859. The first-order valence-electron chi connectivity index (χ1n) is 11.0. The fourth-order valence-electron chi connectivity index (χ4n) is 5.82. The number of hydrogen-bond acceptors (Lipinski definition) is 0. The van der Waals surface area contributed by atoms with E-state index in [4.69, 9.17) is 11.1 Å². The first kappa shape index (κ1) is 20.7. The van der Waals surface area contributed by atoms with E-state index in [-0.39, 0.29) is 0 Å². The zero-order valence-electron chi connectivity index (χ0n) is 18.8. The number of hydrogen-bond donors (Lipinski definition) is 0. The van der Waals surface area contributed by atoms with E-state index < -0.39 is 7.38 Å². The fraction of sp³-hybridized carbons (Fsp3) is 0.407. The van der Waals surface area contributed by atoms with Gasteiger partial charge >= 0.3 is 0 Å². The SMILES string of the molecule is CC1=Cc2c(C(C)C)cccc2C1[Si](C)(Cl)C1C(C)=Cc2c(C(C)C)cccc21. The first-order chi connectivity index (χ1) is 13.6. The zero-order chi connectivity index (χ0) is 21.1. The molecule has 2 aromatic carbocycles. The highest BCUT2D eigenvalue weighted by Gasteiger charge is 2.49. The normalized spacial score (nSPS) is 22.4. The average molecular weight is 421 g/mol. The molecule has 0 saturated heterocycles. The van der Waals surface area contributed by atoms with Crippen molar-refractivity contribution in [1.29, 1.82) is 0 Å². The van der Waals surface area contributed by atoms with Crippen LogP contribution in [0, 0.1) is 0 Å². The molecule has 0 saturated carbocycles. The van der Waals surface area contributed by atoms with Crippen LogP contribution < -0.4 is 0 Å². The van der Waals surface area contributed by atoms with Crippen molar-refractivity contribution in [2.24, 2.45) is 0 Å². The Labute approximate surface area is 182 Å². The number of allylic oxidation sites excluding steroid dienone is 2. The van der Waals surface area contributed by atoms with Crippen LogP contribution in [-0.4, -0.2) is 7.38 Å². The minimum atomic E-state index is -2.25. The van der Waals surface area contributed by atoms with Gasteiger partial charge in [-0.05, 0) is 59.1 Å². The third-order valence-electron chi connectivity index (χ3n) is 7.00. The fourth-order valence-corrected chi connectivity index (χ4v) is 11.6. The van der Waals surface area contributed by atoms with E-state index in [1.807, 2.05) is 0 Å². The largest absolute Gasteiger partial charge is 0.176 e. The molecular weight excluding hydrogens is 388 g/mol. The lowest BCUT2D eigenvalue weighted by Gasteiger charge is -2.36. The molecule has 29 heavy (non-hydrogen) atoms. The number of benzene rings is 2. The maximum atomic E-state index is 7.72. The second kappa shape index (κ2) is 7.29. The smallest absolute Gasteiger partial charge is 0.165 e. The summed E-state index contributed by atoms with van der Waals surface area (Å²) in [6.45, 7) is 16.1. The second-order valence-electron chi connectivity index (χ2n) is 9.80. The zero-order valence-corrected chi connectivity index (χ0v) is 20.6. The summed E-state index contributed by atoms with van der Waals surface area (Å²) in [6, 6.07) is 13.7. The van der Waals surface area contributed by atoms with E-state index in [1.165, 1.54) is 44.5 Å². The van der Waals surface area contributed by atoms with Crippen LogP contribution in [0.3, 0.4) is 0 Å². The molecule has 0 N–H and O–H groups in total. The van der Waals surface area contributed by atoms with Crippen LogP contribution >= 0.6 is 11.1 Å². The minimum absolute atomic E-state index is 0.361. The third kappa shape index (κ3) is 3.18. The van der Waals surface area contributed by atoms with Gasteiger partial charge < -0.3 is 0 Å². The van der Waals surface area contributed by atoms with Crippen LogP contribution in [-0.2, 0) is 0 Å². The molecule has 2 aliphatic carbocycles. The van der Waals surface area contributed by atoms with Crippen molar-refractivity contribution >= 4 is 30.6 Å². The van der Waals surface area contributed by atoms with Crippen molar-refractivity contribution in [2.45, 2.75) is 71.0 Å². The Morgan fingerprint density at radius 1 is 0.724 bits per heavy atom. The van der Waals surface area contributed by atoms with Crippen LogP contribution in [0.25, 0.3) is 12.2 Å².